The van der Waals surface area contributed by atoms with Crippen molar-refractivity contribution in [1.82, 2.24) is 5.32 Å². The normalized spacial score (nSPS) is 21.1. The summed E-state index contributed by atoms with van der Waals surface area (Å²) in [7, 11) is 0. The van der Waals surface area contributed by atoms with Crippen molar-refractivity contribution in [2.24, 2.45) is 17.6 Å². The van der Waals surface area contributed by atoms with E-state index in [0.29, 0.717) is 24.4 Å². The van der Waals surface area contributed by atoms with E-state index in [2.05, 4.69) is 19.2 Å². The first-order valence-electron chi connectivity index (χ1n) is 7.90. The summed E-state index contributed by atoms with van der Waals surface area (Å²) in [5, 5.41) is 2.92. The molecule has 1 saturated carbocycles. The van der Waals surface area contributed by atoms with Gasteiger partial charge >= 0.3 is 6.18 Å². The molecule has 0 aliphatic heterocycles. The maximum absolute atomic E-state index is 12.8. The van der Waals surface area contributed by atoms with Crippen LogP contribution in [0.5, 0.6) is 0 Å². The number of hydrogen-bond donors (Lipinski definition) is 2. The summed E-state index contributed by atoms with van der Waals surface area (Å²) in [6, 6.07) is 5.17. The van der Waals surface area contributed by atoms with Crippen LogP contribution in [0.15, 0.2) is 24.3 Å². The summed E-state index contributed by atoms with van der Waals surface area (Å²) in [6.07, 6.45) is -2.97. The van der Waals surface area contributed by atoms with E-state index < -0.39 is 11.7 Å². The minimum atomic E-state index is -4.36. The Bertz CT molecular complexity index is 563. The third kappa shape index (κ3) is 5.38. The third-order valence-corrected chi connectivity index (χ3v) is 4.16. The van der Waals surface area contributed by atoms with Crippen molar-refractivity contribution in [3.8, 4) is 0 Å². The van der Waals surface area contributed by atoms with Gasteiger partial charge in [0.05, 0.1) is 5.56 Å². The van der Waals surface area contributed by atoms with Crippen molar-refractivity contribution >= 4 is 18.3 Å². The van der Waals surface area contributed by atoms with Gasteiger partial charge < -0.3 is 11.1 Å². The molecule has 136 valence electrons. The van der Waals surface area contributed by atoms with Crippen LogP contribution in [-0.4, -0.2) is 18.5 Å². The highest BCUT2D eigenvalue weighted by Crippen LogP contribution is 2.48. The van der Waals surface area contributed by atoms with E-state index >= 15 is 0 Å². The molecule has 3 N–H and O–H groups in total. The zero-order valence-electron chi connectivity index (χ0n) is 13.8. The molecule has 0 spiro atoms. The molecule has 3 nitrogen and oxygen atoms in total. The van der Waals surface area contributed by atoms with Gasteiger partial charge in [-0.3, -0.25) is 4.79 Å². The number of nitrogens with one attached hydrogen (secondary N) is 1. The summed E-state index contributed by atoms with van der Waals surface area (Å²) in [5.41, 5.74) is 5.57. The Balaban J connectivity index is 0.00000288. The number of benzene rings is 1. The molecule has 0 saturated heterocycles. The molecule has 3 unspecified atom stereocenters. The van der Waals surface area contributed by atoms with Gasteiger partial charge in [0.2, 0.25) is 5.91 Å². The molecular formula is C17H24ClF3N2O. The molecule has 0 aromatic heterocycles. The number of rotatable bonds is 6. The number of carbonyl (C=O) groups is 1. The molecule has 1 fully saturated rings. The van der Waals surface area contributed by atoms with Crippen molar-refractivity contribution < 1.29 is 18.0 Å². The minimum absolute atomic E-state index is 0. The molecule has 1 aliphatic rings. The summed E-state index contributed by atoms with van der Waals surface area (Å²) >= 11 is 0. The van der Waals surface area contributed by atoms with Crippen molar-refractivity contribution in [2.75, 3.05) is 6.54 Å². The van der Waals surface area contributed by atoms with Crippen LogP contribution in [0.1, 0.15) is 43.7 Å². The third-order valence-electron chi connectivity index (χ3n) is 4.16. The maximum atomic E-state index is 12.8. The molecule has 1 amide bonds. The largest absolute Gasteiger partial charge is 0.416 e. The fourth-order valence-corrected chi connectivity index (χ4v) is 2.89. The highest BCUT2D eigenvalue weighted by molar-refractivity contribution is 5.85. The monoisotopic (exact) mass is 364 g/mol. The molecule has 7 heteroatoms. The second-order valence-electron chi connectivity index (χ2n) is 6.64. The Kier molecular flexibility index (Phi) is 7.10. The van der Waals surface area contributed by atoms with Crippen LogP contribution in [0.3, 0.4) is 0 Å². The molecule has 24 heavy (non-hydrogen) atoms. The first-order valence-corrected chi connectivity index (χ1v) is 7.90. The Morgan fingerprint density at radius 3 is 2.58 bits per heavy atom. The highest BCUT2D eigenvalue weighted by Gasteiger charge is 2.45. The average Bonchev–Trinajstić information content (AvgIpc) is 3.25. The van der Waals surface area contributed by atoms with E-state index in [0.717, 1.165) is 18.6 Å². The van der Waals surface area contributed by atoms with Crippen LogP contribution in [0.4, 0.5) is 13.2 Å². The van der Waals surface area contributed by atoms with Crippen molar-refractivity contribution in [3.63, 3.8) is 0 Å². The predicted molar refractivity (Wildman–Crippen MR) is 90.0 cm³/mol. The first kappa shape index (κ1) is 20.8. The highest BCUT2D eigenvalue weighted by atomic mass is 35.5. The second-order valence-corrected chi connectivity index (χ2v) is 6.64. The van der Waals surface area contributed by atoms with Gasteiger partial charge in [0.15, 0.2) is 0 Å². The topological polar surface area (TPSA) is 55.1 Å². The van der Waals surface area contributed by atoms with E-state index in [1.807, 2.05) is 0 Å². The maximum Gasteiger partial charge on any atom is 0.416 e. The quantitative estimate of drug-likeness (QED) is 0.808. The first-order chi connectivity index (χ1) is 10.7. The molecular weight excluding hydrogens is 341 g/mol. The Morgan fingerprint density at radius 2 is 2.04 bits per heavy atom. The van der Waals surface area contributed by atoms with Crippen molar-refractivity contribution in [2.45, 2.75) is 44.8 Å². The van der Waals surface area contributed by atoms with Crippen LogP contribution in [0.25, 0.3) is 0 Å². The minimum Gasteiger partial charge on any atom is -0.352 e. The Hall–Kier alpha value is -1.27. The number of amides is 1. The fraction of sp³-hybridized carbons (Fsp3) is 0.588. The van der Waals surface area contributed by atoms with Crippen LogP contribution in [-0.2, 0) is 11.0 Å². The molecule has 0 heterocycles. The molecule has 1 aromatic carbocycles. The Morgan fingerprint density at radius 1 is 1.38 bits per heavy atom. The van der Waals surface area contributed by atoms with Crippen molar-refractivity contribution in [3.05, 3.63) is 35.4 Å². The molecule has 0 radical (unpaired) electrons. The number of halogens is 4. The lowest BCUT2D eigenvalue weighted by Gasteiger charge is -2.19. The van der Waals surface area contributed by atoms with E-state index in [9.17, 15) is 18.0 Å². The zero-order valence-corrected chi connectivity index (χ0v) is 14.6. The van der Waals surface area contributed by atoms with Gasteiger partial charge in [0.25, 0.3) is 0 Å². The molecule has 0 bridgehead atoms. The standard InChI is InChI=1S/C17H23F3N2O.ClH/c1-10(2)6-13(9-21)22-16(23)15-8-14(15)11-4-3-5-12(7-11)17(18,19)20;/h3-5,7,10,13-15H,6,8-9,21H2,1-2H3,(H,22,23);1H. The molecule has 2 rings (SSSR count). The van der Waals surface area contributed by atoms with Gasteiger partial charge in [-0.15, -0.1) is 12.4 Å². The van der Waals surface area contributed by atoms with Crippen LogP contribution < -0.4 is 11.1 Å². The average molecular weight is 365 g/mol. The van der Waals surface area contributed by atoms with Gasteiger partial charge in [-0.2, -0.15) is 13.2 Å². The van der Waals surface area contributed by atoms with Crippen LogP contribution in [0.2, 0.25) is 0 Å². The summed E-state index contributed by atoms with van der Waals surface area (Å²) < 4.78 is 38.3. The number of hydrogen-bond acceptors (Lipinski definition) is 2. The van der Waals surface area contributed by atoms with Gasteiger partial charge in [0.1, 0.15) is 0 Å². The smallest absolute Gasteiger partial charge is 0.352 e. The van der Waals surface area contributed by atoms with E-state index in [1.54, 1.807) is 6.07 Å². The molecule has 1 aromatic rings. The molecule has 3 atom stereocenters. The van der Waals surface area contributed by atoms with Gasteiger partial charge in [-0.05, 0) is 36.3 Å². The summed E-state index contributed by atoms with van der Waals surface area (Å²) in [5.74, 6) is -0.0692. The SMILES string of the molecule is CC(C)CC(CN)NC(=O)C1CC1c1cccc(C(F)(F)F)c1.Cl. The summed E-state index contributed by atoms with van der Waals surface area (Å²) in [4.78, 5) is 12.2. The van der Waals surface area contributed by atoms with Crippen LogP contribution >= 0.6 is 12.4 Å². The lowest BCUT2D eigenvalue weighted by Crippen LogP contribution is -2.41. The summed E-state index contributed by atoms with van der Waals surface area (Å²) in [6.45, 7) is 4.47. The zero-order chi connectivity index (χ0) is 17.2. The van der Waals surface area contributed by atoms with Gasteiger partial charge in [0, 0.05) is 18.5 Å². The van der Waals surface area contributed by atoms with E-state index in [4.69, 9.17) is 5.73 Å². The number of nitrogens with two attached hydrogens (primary N) is 1. The van der Waals surface area contributed by atoms with Gasteiger partial charge in [-0.25, -0.2) is 0 Å². The van der Waals surface area contributed by atoms with E-state index in [1.165, 1.54) is 6.07 Å². The lowest BCUT2D eigenvalue weighted by atomic mass is 10.0. The lowest BCUT2D eigenvalue weighted by molar-refractivity contribution is -0.137. The second kappa shape index (κ2) is 8.21. The number of carbonyl (C=O) groups excluding carboxylic acids is 1. The fourth-order valence-electron chi connectivity index (χ4n) is 2.89. The number of alkyl halides is 3. The van der Waals surface area contributed by atoms with Crippen molar-refractivity contribution in [1.29, 1.82) is 0 Å². The predicted octanol–water partition coefficient (Wildman–Crippen LogP) is 3.72. The van der Waals surface area contributed by atoms with Gasteiger partial charge in [-0.1, -0.05) is 32.0 Å². The van der Waals surface area contributed by atoms with Crippen LogP contribution in [0, 0.1) is 11.8 Å². The molecule has 1 aliphatic carbocycles. The van der Waals surface area contributed by atoms with E-state index in [-0.39, 0.29) is 36.2 Å². The Labute approximate surface area is 146 Å².